The molecule has 68 valence electrons. The summed E-state index contributed by atoms with van der Waals surface area (Å²) in [5, 5.41) is 8.37. The third kappa shape index (κ3) is 4.33. The van der Waals surface area contributed by atoms with Gasteiger partial charge in [-0.1, -0.05) is 0 Å². The van der Waals surface area contributed by atoms with Crippen LogP contribution in [0.4, 0.5) is 0 Å². The maximum absolute atomic E-state index is 10.2. The van der Waals surface area contributed by atoms with E-state index in [1.54, 1.807) is 11.8 Å². The van der Waals surface area contributed by atoms with Gasteiger partial charge < -0.3 is 5.11 Å². The van der Waals surface area contributed by atoms with Crippen LogP contribution in [0.25, 0.3) is 10.4 Å². The first-order valence-electron chi connectivity index (χ1n) is 3.14. The predicted molar refractivity (Wildman–Crippen MR) is 43.2 cm³/mol. The Balaban J connectivity index is 0.000000424. The van der Waals surface area contributed by atoms with Crippen LogP contribution < -0.4 is 0 Å². The molecule has 7 heteroatoms. The second-order valence-electron chi connectivity index (χ2n) is 1.95. The normalized spacial score (nSPS) is 7.77. The number of carboxylic acid groups (broad SMARTS) is 1. The molecule has 1 rings (SSSR count). The Morgan fingerprint density at radius 3 is 2.46 bits per heavy atom. The second kappa shape index (κ2) is 5.50. The van der Waals surface area contributed by atoms with Crippen LogP contribution in [0.1, 0.15) is 16.2 Å². The predicted octanol–water partition coefficient (Wildman–Crippen LogP) is 1.36. The molecule has 0 radical (unpaired) electrons. The summed E-state index contributed by atoms with van der Waals surface area (Å²) in [6, 6.07) is 0. The van der Waals surface area contributed by atoms with Crippen molar-refractivity contribution in [3.63, 3.8) is 0 Å². The number of nitrogens with one attached hydrogen (secondary N) is 1. The molecule has 0 aromatic carbocycles. The van der Waals surface area contributed by atoms with Crippen molar-refractivity contribution < 1.29 is 9.90 Å². The van der Waals surface area contributed by atoms with Gasteiger partial charge in [-0.15, -0.1) is 5.53 Å². The van der Waals surface area contributed by atoms with Crippen molar-refractivity contribution in [1.82, 2.24) is 9.97 Å². The Labute approximate surface area is 73.5 Å². The van der Waals surface area contributed by atoms with Gasteiger partial charge >= 0.3 is 5.97 Å². The highest BCUT2D eigenvalue weighted by Crippen LogP contribution is 1.92. The van der Waals surface area contributed by atoms with E-state index in [1.807, 2.05) is 0 Å². The van der Waals surface area contributed by atoms with Crippen LogP contribution in [0.15, 0.2) is 12.4 Å². The lowest BCUT2D eigenvalue weighted by Crippen LogP contribution is -2.00. The molecule has 0 aliphatic carbocycles. The standard InChI is InChI=1S/C6H6N2O2.HN3/c1-4-2-8-5(3-7-4)6(9)10;1-3-2/h2-3H,1H3,(H,9,10);1H. The summed E-state index contributed by atoms with van der Waals surface area (Å²) in [6.45, 7) is 1.75. The Kier molecular flexibility index (Phi) is 4.60. The molecule has 13 heavy (non-hydrogen) atoms. The number of nitrogens with zero attached hydrogens (tertiary/aromatic N) is 4. The third-order valence-electron chi connectivity index (χ3n) is 1.00. The van der Waals surface area contributed by atoms with Crippen LogP contribution in [0.5, 0.6) is 0 Å². The fraction of sp³-hybridized carbons (Fsp3) is 0.167. The monoisotopic (exact) mass is 181 g/mol. The molecule has 0 saturated carbocycles. The van der Waals surface area contributed by atoms with E-state index in [0.29, 0.717) is 5.69 Å². The third-order valence-corrected chi connectivity index (χ3v) is 1.00. The lowest BCUT2D eigenvalue weighted by atomic mass is 10.4. The largest absolute Gasteiger partial charge is 0.476 e. The van der Waals surface area contributed by atoms with E-state index in [1.165, 1.54) is 12.4 Å². The smallest absolute Gasteiger partial charge is 0.356 e. The van der Waals surface area contributed by atoms with Crippen LogP contribution in [-0.4, -0.2) is 21.0 Å². The van der Waals surface area contributed by atoms with Crippen LogP contribution in [0.3, 0.4) is 0 Å². The van der Waals surface area contributed by atoms with Crippen molar-refractivity contribution in [3.05, 3.63) is 34.2 Å². The summed E-state index contributed by atoms with van der Waals surface area (Å²) in [5.41, 5.74) is 12.9. The van der Waals surface area contributed by atoms with Gasteiger partial charge in [0.15, 0.2) is 5.69 Å². The van der Waals surface area contributed by atoms with Crippen molar-refractivity contribution in [2.75, 3.05) is 0 Å². The number of aromatic carboxylic acids is 1. The van der Waals surface area contributed by atoms with Crippen molar-refractivity contribution in [2.24, 2.45) is 0 Å². The molecule has 2 N–H and O–H groups in total. The van der Waals surface area contributed by atoms with E-state index in [9.17, 15) is 4.79 Å². The molecule has 1 heterocycles. The highest BCUT2D eigenvalue weighted by molar-refractivity contribution is 5.84. The molecule has 0 atom stereocenters. The average molecular weight is 181 g/mol. The Bertz CT molecular complexity index is 314. The van der Waals surface area contributed by atoms with E-state index in [2.05, 4.69) is 9.97 Å². The topological polar surface area (TPSA) is 123 Å². The van der Waals surface area contributed by atoms with Crippen LogP contribution in [-0.2, 0) is 0 Å². The summed E-state index contributed by atoms with van der Waals surface area (Å²) in [5.74, 6) is -1.05. The molecular weight excluding hydrogens is 174 g/mol. The molecule has 0 amide bonds. The SMILES string of the molecule is Cc1cnc(C(=O)O)cn1.[N-]=[N+]=N. The molecule has 0 saturated heterocycles. The maximum Gasteiger partial charge on any atom is 0.356 e. The molecule has 0 unspecified atom stereocenters. The molecular formula is C6H7N5O2. The van der Waals surface area contributed by atoms with Crippen LogP contribution in [0, 0.1) is 12.5 Å². The van der Waals surface area contributed by atoms with E-state index in [4.69, 9.17) is 16.2 Å². The van der Waals surface area contributed by atoms with Gasteiger partial charge in [-0.25, -0.2) is 9.78 Å². The zero-order valence-electron chi connectivity index (χ0n) is 6.80. The summed E-state index contributed by atoms with van der Waals surface area (Å²) < 4.78 is 0. The minimum atomic E-state index is -1.05. The molecule has 1 aromatic rings. The molecule has 0 bridgehead atoms. The average Bonchev–Trinajstić information content (AvgIpc) is 2.06. The van der Waals surface area contributed by atoms with Gasteiger partial charge in [0.1, 0.15) is 0 Å². The number of hydrogen-bond acceptors (Lipinski definition) is 4. The highest BCUT2D eigenvalue weighted by atomic mass is 16.4. The van der Waals surface area contributed by atoms with Gasteiger partial charge in [0.25, 0.3) is 0 Å². The number of hydrogen-bond donors (Lipinski definition) is 2. The van der Waals surface area contributed by atoms with E-state index in [0.717, 1.165) is 0 Å². The molecule has 0 aliphatic heterocycles. The minimum Gasteiger partial charge on any atom is -0.476 e. The van der Waals surface area contributed by atoms with Gasteiger partial charge in [0, 0.05) is 6.20 Å². The number of carbonyl (C=O) groups is 1. The van der Waals surface area contributed by atoms with Gasteiger partial charge in [0.05, 0.1) is 11.9 Å². The maximum atomic E-state index is 10.2. The van der Waals surface area contributed by atoms with Crippen molar-refractivity contribution in [2.45, 2.75) is 6.92 Å². The lowest BCUT2D eigenvalue weighted by Gasteiger charge is -1.91. The van der Waals surface area contributed by atoms with Gasteiger partial charge in [0.2, 0.25) is 0 Å². The van der Waals surface area contributed by atoms with E-state index >= 15 is 0 Å². The number of aromatic nitrogens is 2. The Hall–Kier alpha value is -2.14. The molecule has 1 aromatic heterocycles. The van der Waals surface area contributed by atoms with Crippen molar-refractivity contribution in [1.29, 1.82) is 5.53 Å². The van der Waals surface area contributed by atoms with Gasteiger partial charge in [-0.2, -0.15) is 0 Å². The number of rotatable bonds is 1. The highest BCUT2D eigenvalue weighted by Gasteiger charge is 2.01. The fourth-order valence-corrected chi connectivity index (χ4v) is 0.503. The summed E-state index contributed by atoms with van der Waals surface area (Å²) in [6.07, 6.45) is 2.65. The molecule has 7 nitrogen and oxygen atoms in total. The van der Waals surface area contributed by atoms with Gasteiger partial charge in [-0.05, 0) is 17.4 Å². The number of carboxylic acids is 1. The Morgan fingerprint density at radius 2 is 2.15 bits per heavy atom. The summed E-state index contributed by atoms with van der Waals surface area (Å²) in [4.78, 5) is 19.3. The summed E-state index contributed by atoms with van der Waals surface area (Å²) >= 11 is 0. The molecule has 0 fully saturated rings. The Morgan fingerprint density at radius 1 is 1.62 bits per heavy atom. The van der Waals surface area contributed by atoms with E-state index in [-0.39, 0.29) is 5.69 Å². The first-order valence-corrected chi connectivity index (χ1v) is 3.14. The van der Waals surface area contributed by atoms with E-state index < -0.39 is 5.97 Å². The number of aryl methyl sites for hydroxylation is 1. The van der Waals surface area contributed by atoms with Crippen molar-refractivity contribution in [3.8, 4) is 0 Å². The first kappa shape index (κ1) is 10.9. The zero-order chi connectivity index (χ0) is 10.3. The molecule has 0 aliphatic rings. The van der Waals surface area contributed by atoms with Crippen molar-refractivity contribution >= 4 is 5.97 Å². The molecule has 0 spiro atoms. The minimum absolute atomic E-state index is 0.0226. The van der Waals surface area contributed by atoms with Crippen LogP contribution in [0.2, 0.25) is 0 Å². The lowest BCUT2D eigenvalue weighted by molar-refractivity contribution is 0.0690. The van der Waals surface area contributed by atoms with Crippen LogP contribution >= 0.6 is 0 Å². The summed E-state index contributed by atoms with van der Waals surface area (Å²) in [7, 11) is 0. The zero-order valence-corrected chi connectivity index (χ0v) is 6.80. The first-order chi connectivity index (χ1) is 6.11. The second-order valence-corrected chi connectivity index (χ2v) is 1.95. The quantitative estimate of drug-likeness (QED) is 0.385. The fourth-order valence-electron chi connectivity index (χ4n) is 0.503. The van der Waals surface area contributed by atoms with Gasteiger partial charge in [-0.3, -0.25) is 4.98 Å².